The number of carbonyl (C=O) groups is 1. The molecule has 2 N–H and O–H groups in total. The molecule has 0 atom stereocenters. The number of likely N-dealkylation sites (tertiary alicyclic amines) is 1. The predicted molar refractivity (Wildman–Crippen MR) is 91.1 cm³/mol. The molecule has 1 aromatic rings. The average molecular weight is 431 g/mol. The summed E-state index contributed by atoms with van der Waals surface area (Å²) < 4.78 is 6.15. The molecule has 0 unspecified atom stereocenters. The monoisotopic (exact) mass is 430 g/mol. The van der Waals surface area contributed by atoms with E-state index in [1.54, 1.807) is 19.2 Å². The molecule has 1 aliphatic heterocycles. The van der Waals surface area contributed by atoms with Crippen molar-refractivity contribution < 1.29 is 9.53 Å². The van der Waals surface area contributed by atoms with Gasteiger partial charge < -0.3 is 15.4 Å². The third-order valence-electron chi connectivity index (χ3n) is 3.30. The first-order valence-corrected chi connectivity index (χ1v) is 7.56. The molecule has 4 nitrogen and oxygen atoms in total. The number of carbonyl (C=O) groups excluding carboxylic acids is 1. The van der Waals surface area contributed by atoms with E-state index in [0.717, 1.165) is 16.4 Å². The summed E-state index contributed by atoms with van der Waals surface area (Å²) in [7, 11) is 1.56. The van der Waals surface area contributed by atoms with Gasteiger partial charge in [0, 0.05) is 22.7 Å². The van der Waals surface area contributed by atoms with E-state index in [4.69, 9.17) is 22.1 Å². The first kappa shape index (κ1) is 17.8. The zero-order valence-electron chi connectivity index (χ0n) is 11.1. The van der Waals surface area contributed by atoms with Gasteiger partial charge in [0.15, 0.2) is 0 Å². The van der Waals surface area contributed by atoms with Gasteiger partial charge in [-0.1, -0.05) is 11.6 Å². The van der Waals surface area contributed by atoms with Gasteiger partial charge in [-0.3, -0.25) is 4.79 Å². The maximum atomic E-state index is 12.5. The zero-order chi connectivity index (χ0) is 14.0. The van der Waals surface area contributed by atoms with Crippen LogP contribution in [0.15, 0.2) is 12.1 Å². The highest BCUT2D eigenvalue weighted by Gasteiger charge is 2.24. The maximum absolute atomic E-state index is 12.5. The molecule has 20 heavy (non-hydrogen) atoms. The summed E-state index contributed by atoms with van der Waals surface area (Å²) in [4.78, 5) is 14.3. The van der Waals surface area contributed by atoms with Crippen LogP contribution in [0.5, 0.6) is 5.75 Å². The van der Waals surface area contributed by atoms with Crippen molar-refractivity contribution in [3.63, 3.8) is 0 Å². The number of hydrogen-bond acceptors (Lipinski definition) is 3. The molecule has 0 aromatic heterocycles. The van der Waals surface area contributed by atoms with Crippen molar-refractivity contribution in [3.05, 3.63) is 26.3 Å². The van der Waals surface area contributed by atoms with Crippen molar-refractivity contribution in [3.8, 4) is 5.75 Å². The van der Waals surface area contributed by atoms with E-state index in [1.807, 2.05) is 4.90 Å². The molecule has 7 heteroatoms. The molecule has 0 radical (unpaired) electrons. The second-order valence-corrected chi connectivity index (χ2v) is 6.17. The van der Waals surface area contributed by atoms with Crippen LogP contribution in [0, 0.1) is 3.57 Å². The molecular weight excluding hydrogens is 414 g/mol. The molecule has 1 aromatic carbocycles. The second-order valence-electron chi connectivity index (χ2n) is 4.60. The Hall–Kier alpha value is -0.240. The minimum absolute atomic E-state index is 0. The van der Waals surface area contributed by atoms with Crippen LogP contribution < -0.4 is 10.5 Å². The molecule has 112 valence electrons. The van der Waals surface area contributed by atoms with Crippen LogP contribution >= 0.6 is 46.6 Å². The van der Waals surface area contributed by atoms with E-state index in [9.17, 15) is 4.79 Å². The van der Waals surface area contributed by atoms with E-state index in [2.05, 4.69) is 22.6 Å². The van der Waals surface area contributed by atoms with Crippen LogP contribution in [-0.2, 0) is 0 Å². The quantitative estimate of drug-likeness (QED) is 0.734. The summed E-state index contributed by atoms with van der Waals surface area (Å²) in [5.41, 5.74) is 6.37. The van der Waals surface area contributed by atoms with Crippen molar-refractivity contribution >= 4 is 52.5 Å². The van der Waals surface area contributed by atoms with Gasteiger partial charge in [0.05, 0.1) is 17.7 Å². The normalized spacial score (nSPS) is 15.7. The van der Waals surface area contributed by atoms with E-state index >= 15 is 0 Å². The van der Waals surface area contributed by atoms with Crippen molar-refractivity contribution in [2.75, 3.05) is 20.2 Å². The lowest BCUT2D eigenvalue weighted by Gasteiger charge is -2.30. The summed E-state index contributed by atoms with van der Waals surface area (Å²) in [6.07, 6.45) is 1.68. The Morgan fingerprint density at radius 2 is 2.05 bits per heavy atom. The lowest BCUT2D eigenvalue weighted by molar-refractivity contribution is 0.0711. The molecule has 1 fully saturated rings. The predicted octanol–water partition coefficient (Wildman–Crippen LogP) is 2.94. The standard InChI is InChI=1S/C13H16ClIN2O2.ClH/c1-19-12-7-11(15)10(14)6-9(12)13(18)17-4-2-8(16)3-5-17;/h6-8H,2-5,16H2,1H3;1H. The molecule has 2 rings (SSSR count). The number of amides is 1. The number of methoxy groups -OCH3 is 1. The van der Waals surface area contributed by atoms with Gasteiger partial charge >= 0.3 is 0 Å². The molecular formula is C13H17Cl2IN2O2. The highest BCUT2D eigenvalue weighted by molar-refractivity contribution is 14.1. The van der Waals surface area contributed by atoms with Crippen molar-refractivity contribution in [1.29, 1.82) is 0 Å². The number of ether oxygens (including phenoxy) is 1. The van der Waals surface area contributed by atoms with Crippen LogP contribution in [0.4, 0.5) is 0 Å². The maximum Gasteiger partial charge on any atom is 0.257 e. The van der Waals surface area contributed by atoms with Gasteiger partial charge in [0.2, 0.25) is 0 Å². The Balaban J connectivity index is 0.00000200. The molecule has 0 saturated carbocycles. The minimum atomic E-state index is -0.0398. The summed E-state index contributed by atoms with van der Waals surface area (Å²) in [5.74, 6) is 0.524. The largest absolute Gasteiger partial charge is 0.496 e. The fourth-order valence-electron chi connectivity index (χ4n) is 2.14. The highest BCUT2D eigenvalue weighted by Crippen LogP contribution is 2.29. The van der Waals surface area contributed by atoms with Crippen LogP contribution in [0.1, 0.15) is 23.2 Å². The lowest BCUT2D eigenvalue weighted by atomic mass is 10.0. The van der Waals surface area contributed by atoms with Gasteiger partial charge in [-0.2, -0.15) is 0 Å². The Kier molecular flexibility index (Phi) is 6.84. The fraction of sp³-hybridized carbons (Fsp3) is 0.462. The van der Waals surface area contributed by atoms with Crippen molar-refractivity contribution in [2.24, 2.45) is 5.73 Å². The molecule has 0 aliphatic carbocycles. The molecule has 0 spiro atoms. The molecule has 1 aliphatic rings. The summed E-state index contributed by atoms with van der Waals surface area (Å²) in [5, 5.41) is 0.568. The van der Waals surface area contributed by atoms with Gasteiger partial charge in [-0.15, -0.1) is 12.4 Å². The van der Waals surface area contributed by atoms with Crippen LogP contribution in [0.3, 0.4) is 0 Å². The summed E-state index contributed by atoms with van der Waals surface area (Å²) in [6, 6.07) is 3.66. The van der Waals surface area contributed by atoms with Gasteiger partial charge in [-0.25, -0.2) is 0 Å². The Morgan fingerprint density at radius 1 is 1.45 bits per heavy atom. The first-order chi connectivity index (χ1) is 9.02. The SMILES string of the molecule is COc1cc(I)c(Cl)cc1C(=O)N1CCC(N)CC1.Cl. The van der Waals surface area contributed by atoms with Crippen LogP contribution in [0.2, 0.25) is 5.02 Å². The molecule has 1 saturated heterocycles. The summed E-state index contributed by atoms with van der Waals surface area (Å²) in [6.45, 7) is 1.37. The van der Waals surface area contributed by atoms with Crippen molar-refractivity contribution in [1.82, 2.24) is 4.90 Å². The van der Waals surface area contributed by atoms with E-state index in [-0.39, 0.29) is 24.4 Å². The average Bonchev–Trinajstić information content (AvgIpc) is 2.41. The van der Waals surface area contributed by atoms with Gasteiger partial charge in [0.25, 0.3) is 5.91 Å². The fourth-order valence-corrected chi connectivity index (χ4v) is 2.74. The zero-order valence-corrected chi connectivity index (χ0v) is 14.8. The van der Waals surface area contributed by atoms with Crippen LogP contribution in [-0.4, -0.2) is 37.0 Å². The first-order valence-electron chi connectivity index (χ1n) is 6.11. The number of benzene rings is 1. The third kappa shape index (κ3) is 3.90. The van der Waals surface area contributed by atoms with E-state index in [1.165, 1.54) is 0 Å². The Bertz CT molecular complexity index is 492. The van der Waals surface area contributed by atoms with E-state index < -0.39 is 0 Å². The third-order valence-corrected chi connectivity index (χ3v) is 4.82. The number of nitrogens with zero attached hydrogens (tertiary/aromatic N) is 1. The smallest absolute Gasteiger partial charge is 0.257 e. The topological polar surface area (TPSA) is 55.6 Å². The number of halogens is 3. The highest BCUT2D eigenvalue weighted by atomic mass is 127. The van der Waals surface area contributed by atoms with Crippen molar-refractivity contribution in [2.45, 2.75) is 18.9 Å². The Morgan fingerprint density at radius 3 is 2.60 bits per heavy atom. The molecule has 0 bridgehead atoms. The van der Waals surface area contributed by atoms with Gasteiger partial charge in [-0.05, 0) is 47.6 Å². The van der Waals surface area contributed by atoms with Gasteiger partial charge in [0.1, 0.15) is 5.75 Å². The number of hydrogen-bond donors (Lipinski definition) is 1. The van der Waals surface area contributed by atoms with Crippen LogP contribution in [0.25, 0.3) is 0 Å². The Labute approximate surface area is 143 Å². The molecule has 1 heterocycles. The minimum Gasteiger partial charge on any atom is -0.496 e. The van der Waals surface area contributed by atoms with E-state index in [0.29, 0.717) is 29.4 Å². The number of piperidine rings is 1. The lowest BCUT2D eigenvalue weighted by Crippen LogP contribution is -2.42. The summed E-state index contributed by atoms with van der Waals surface area (Å²) >= 11 is 8.21. The molecule has 1 amide bonds. The second kappa shape index (κ2) is 7.68. The number of rotatable bonds is 2. The number of nitrogens with two attached hydrogens (primary N) is 1.